The first kappa shape index (κ1) is 12.9. The Hall–Kier alpha value is -2.11. The molecule has 1 aromatic carbocycles. The van der Waals surface area contributed by atoms with Crippen LogP contribution in [0.25, 0.3) is 22.4 Å². The molecule has 0 amide bonds. The number of aromatic amines is 1. The molecule has 0 atom stereocenters. The van der Waals surface area contributed by atoms with Gasteiger partial charge in [-0.15, -0.1) is 0 Å². The summed E-state index contributed by atoms with van der Waals surface area (Å²) in [5.74, 6) is 0.943. The summed E-state index contributed by atoms with van der Waals surface area (Å²) in [6.07, 6.45) is 0. The van der Waals surface area contributed by atoms with Crippen LogP contribution in [-0.4, -0.2) is 17.1 Å². The van der Waals surface area contributed by atoms with Gasteiger partial charge in [-0.1, -0.05) is 23.7 Å². The van der Waals surface area contributed by atoms with Crippen LogP contribution < -0.4 is 5.56 Å². The van der Waals surface area contributed by atoms with Crippen molar-refractivity contribution >= 4 is 22.6 Å². The van der Waals surface area contributed by atoms with E-state index in [0.717, 1.165) is 5.39 Å². The number of hydrogen-bond acceptors (Lipinski definition) is 4. The summed E-state index contributed by atoms with van der Waals surface area (Å²) in [6.45, 7) is 0.226. The highest BCUT2D eigenvalue weighted by molar-refractivity contribution is 6.34. The van der Waals surface area contributed by atoms with E-state index in [1.54, 1.807) is 12.1 Å². The molecule has 5 nitrogen and oxygen atoms in total. The summed E-state index contributed by atoms with van der Waals surface area (Å²) in [5.41, 5.74) is 0.779. The average Bonchev–Trinajstić information content (AvgIpc) is 2.84. The molecule has 0 saturated carbocycles. The van der Waals surface area contributed by atoms with Crippen molar-refractivity contribution < 1.29 is 9.15 Å². The lowest BCUT2D eigenvalue weighted by Gasteiger charge is -2.00. The Morgan fingerprint density at radius 2 is 2.25 bits per heavy atom. The van der Waals surface area contributed by atoms with Crippen LogP contribution in [0.4, 0.5) is 0 Å². The first-order chi connectivity index (χ1) is 9.67. The third-order valence-corrected chi connectivity index (χ3v) is 3.12. The number of rotatable bonds is 3. The van der Waals surface area contributed by atoms with Crippen LogP contribution in [0.15, 0.2) is 39.5 Å². The van der Waals surface area contributed by atoms with E-state index in [1.807, 2.05) is 12.1 Å². The first-order valence-electron chi connectivity index (χ1n) is 5.95. The van der Waals surface area contributed by atoms with Gasteiger partial charge in [0.2, 0.25) is 0 Å². The number of halogens is 1. The number of aromatic nitrogens is 2. The molecule has 20 heavy (non-hydrogen) atoms. The molecule has 1 N–H and O–H groups in total. The van der Waals surface area contributed by atoms with E-state index in [0.29, 0.717) is 27.9 Å². The molecular formula is C14H11ClN2O3. The van der Waals surface area contributed by atoms with Gasteiger partial charge in [0, 0.05) is 18.6 Å². The average molecular weight is 291 g/mol. The number of hydrogen-bond donors (Lipinski definition) is 1. The van der Waals surface area contributed by atoms with Crippen molar-refractivity contribution in [2.75, 3.05) is 7.11 Å². The number of nitrogens with one attached hydrogen (secondary N) is 1. The minimum atomic E-state index is -0.256. The fraction of sp³-hybridized carbons (Fsp3) is 0.143. The molecule has 6 heteroatoms. The molecule has 0 spiro atoms. The molecule has 2 heterocycles. The highest BCUT2D eigenvalue weighted by Gasteiger charge is 2.11. The second kappa shape index (κ2) is 5.11. The van der Waals surface area contributed by atoms with Crippen molar-refractivity contribution in [3.63, 3.8) is 0 Å². The van der Waals surface area contributed by atoms with Crippen LogP contribution in [-0.2, 0) is 11.3 Å². The van der Waals surface area contributed by atoms with Crippen molar-refractivity contribution in [3.05, 3.63) is 51.5 Å². The predicted octanol–water partition coefficient (Wildman–Crippen LogP) is 2.98. The fourth-order valence-corrected chi connectivity index (χ4v) is 2.21. The second-order valence-corrected chi connectivity index (χ2v) is 4.69. The normalized spacial score (nSPS) is 11.1. The van der Waals surface area contributed by atoms with Gasteiger partial charge in [0.15, 0.2) is 11.3 Å². The van der Waals surface area contributed by atoms with Gasteiger partial charge in [-0.3, -0.25) is 4.79 Å². The topological polar surface area (TPSA) is 68.1 Å². The number of nitrogens with zero attached hydrogens (tertiary/aromatic N) is 1. The van der Waals surface area contributed by atoms with Crippen LogP contribution >= 0.6 is 11.6 Å². The van der Waals surface area contributed by atoms with Gasteiger partial charge in [-0.25, -0.2) is 4.98 Å². The monoisotopic (exact) mass is 290 g/mol. The number of benzene rings is 1. The molecule has 0 aliphatic heterocycles. The van der Waals surface area contributed by atoms with Gasteiger partial charge in [0.1, 0.15) is 18.1 Å². The highest BCUT2D eigenvalue weighted by Crippen LogP contribution is 2.30. The van der Waals surface area contributed by atoms with Gasteiger partial charge in [-0.05, 0) is 12.1 Å². The van der Waals surface area contributed by atoms with Crippen molar-refractivity contribution in [2.24, 2.45) is 0 Å². The van der Waals surface area contributed by atoms with Crippen LogP contribution in [0.1, 0.15) is 5.82 Å². The van der Waals surface area contributed by atoms with Gasteiger partial charge in [0.25, 0.3) is 5.56 Å². The predicted molar refractivity (Wildman–Crippen MR) is 75.8 cm³/mol. The minimum Gasteiger partial charge on any atom is -0.453 e. The van der Waals surface area contributed by atoms with Gasteiger partial charge < -0.3 is 14.1 Å². The zero-order valence-corrected chi connectivity index (χ0v) is 11.4. The van der Waals surface area contributed by atoms with Crippen molar-refractivity contribution in [1.29, 1.82) is 0 Å². The van der Waals surface area contributed by atoms with Gasteiger partial charge in [-0.2, -0.15) is 0 Å². The SMILES string of the molecule is COCc1nc(-c2cc3cccc(Cl)c3o2)cc(=O)[nH]1. The molecule has 0 aliphatic carbocycles. The summed E-state index contributed by atoms with van der Waals surface area (Å²) in [5, 5.41) is 1.39. The molecule has 3 rings (SSSR count). The van der Waals surface area contributed by atoms with Crippen molar-refractivity contribution in [1.82, 2.24) is 9.97 Å². The van der Waals surface area contributed by atoms with E-state index in [-0.39, 0.29) is 12.2 Å². The van der Waals surface area contributed by atoms with Crippen molar-refractivity contribution in [3.8, 4) is 11.5 Å². The number of fused-ring (bicyclic) bond motifs is 1. The van der Waals surface area contributed by atoms with Gasteiger partial charge >= 0.3 is 0 Å². The van der Waals surface area contributed by atoms with E-state index in [9.17, 15) is 4.79 Å². The number of ether oxygens (including phenoxy) is 1. The molecule has 3 aromatic rings. The molecule has 102 valence electrons. The maximum absolute atomic E-state index is 11.6. The third kappa shape index (κ3) is 2.33. The number of H-pyrrole nitrogens is 1. The molecular weight excluding hydrogens is 280 g/mol. The lowest BCUT2D eigenvalue weighted by Crippen LogP contribution is -2.11. The van der Waals surface area contributed by atoms with Crippen LogP contribution in [0.3, 0.4) is 0 Å². The Bertz CT molecular complexity index is 823. The standard InChI is InChI=1S/C14H11ClN2O3/c1-19-7-12-16-10(6-13(18)17-12)11-5-8-3-2-4-9(15)14(8)20-11/h2-6H,7H2,1H3,(H,16,17,18). The van der Waals surface area contributed by atoms with E-state index in [1.165, 1.54) is 13.2 Å². The summed E-state index contributed by atoms with van der Waals surface area (Å²) >= 11 is 6.07. The molecule has 0 saturated heterocycles. The van der Waals surface area contributed by atoms with E-state index in [4.69, 9.17) is 20.8 Å². The summed E-state index contributed by atoms with van der Waals surface area (Å²) in [6, 6.07) is 8.66. The Labute approximate surface area is 119 Å². The Morgan fingerprint density at radius 3 is 3.00 bits per heavy atom. The zero-order chi connectivity index (χ0) is 14.1. The molecule has 0 aliphatic rings. The number of para-hydroxylation sites is 1. The lowest BCUT2D eigenvalue weighted by atomic mass is 10.2. The molecule has 2 aromatic heterocycles. The number of methoxy groups -OCH3 is 1. The van der Waals surface area contributed by atoms with Crippen molar-refractivity contribution in [2.45, 2.75) is 6.61 Å². The Kier molecular flexibility index (Phi) is 3.30. The maximum atomic E-state index is 11.6. The van der Waals surface area contributed by atoms with Crippen LogP contribution in [0.2, 0.25) is 5.02 Å². The Balaban J connectivity index is 2.15. The van der Waals surface area contributed by atoms with Crippen LogP contribution in [0, 0.1) is 0 Å². The summed E-state index contributed by atoms with van der Waals surface area (Å²) in [4.78, 5) is 18.5. The molecule has 0 unspecified atom stereocenters. The van der Waals surface area contributed by atoms with Gasteiger partial charge in [0.05, 0.1) is 5.02 Å². The molecule has 0 bridgehead atoms. The highest BCUT2D eigenvalue weighted by atomic mass is 35.5. The second-order valence-electron chi connectivity index (χ2n) is 4.28. The third-order valence-electron chi connectivity index (χ3n) is 2.82. The Morgan fingerprint density at radius 1 is 1.40 bits per heavy atom. The first-order valence-corrected chi connectivity index (χ1v) is 6.33. The molecule has 0 radical (unpaired) electrons. The lowest BCUT2D eigenvalue weighted by molar-refractivity contribution is 0.177. The largest absolute Gasteiger partial charge is 0.453 e. The van der Waals surface area contributed by atoms with E-state index >= 15 is 0 Å². The maximum Gasteiger partial charge on any atom is 0.251 e. The fourth-order valence-electron chi connectivity index (χ4n) is 1.99. The smallest absolute Gasteiger partial charge is 0.251 e. The van der Waals surface area contributed by atoms with E-state index < -0.39 is 0 Å². The van der Waals surface area contributed by atoms with Crippen LogP contribution in [0.5, 0.6) is 0 Å². The molecule has 0 fully saturated rings. The number of furan rings is 1. The summed E-state index contributed by atoms with van der Waals surface area (Å²) in [7, 11) is 1.54. The zero-order valence-electron chi connectivity index (χ0n) is 10.6. The summed E-state index contributed by atoms with van der Waals surface area (Å²) < 4.78 is 10.7. The van der Waals surface area contributed by atoms with E-state index in [2.05, 4.69) is 9.97 Å². The quantitative estimate of drug-likeness (QED) is 0.805. The minimum absolute atomic E-state index is 0.226.